The van der Waals surface area contributed by atoms with E-state index in [-0.39, 0.29) is 12.1 Å². The number of benzene rings is 1. The lowest BCUT2D eigenvalue weighted by Crippen LogP contribution is -2.47. The van der Waals surface area contributed by atoms with Crippen molar-refractivity contribution in [2.45, 2.75) is 32.2 Å². The fourth-order valence-electron chi connectivity index (χ4n) is 3.77. The number of hydrogen-bond acceptors (Lipinski definition) is 5. The Bertz CT molecular complexity index is 769. The highest BCUT2D eigenvalue weighted by Crippen LogP contribution is 2.23. The number of anilines is 1. The second-order valence-electron chi connectivity index (χ2n) is 6.98. The van der Waals surface area contributed by atoms with Gasteiger partial charge in [0.25, 0.3) is 0 Å². The molecule has 0 spiro atoms. The monoisotopic (exact) mass is 358 g/mol. The average Bonchev–Trinajstić information content (AvgIpc) is 3.28. The molecule has 1 N–H and O–H groups in total. The van der Waals surface area contributed by atoms with Crippen molar-refractivity contribution in [2.75, 3.05) is 44.7 Å². The number of morpholine rings is 1. The third-order valence-electron chi connectivity index (χ3n) is 5.20. The molecule has 7 nitrogen and oxygen atoms in total. The smallest absolute Gasteiger partial charge is 0.322 e. The van der Waals surface area contributed by atoms with Crippen LogP contribution in [0.3, 0.4) is 0 Å². The molecule has 0 radical (unpaired) electrons. The molecule has 1 aromatic heterocycles. The minimum absolute atomic E-state index is 0.0284. The van der Waals surface area contributed by atoms with Gasteiger partial charge < -0.3 is 19.4 Å². The van der Waals surface area contributed by atoms with Crippen LogP contribution in [0.15, 0.2) is 22.6 Å². The number of carbonyl (C=O) groups excluding carboxylic acids is 1. The van der Waals surface area contributed by atoms with Crippen molar-refractivity contribution in [2.24, 2.45) is 0 Å². The molecule has 2 saturated heterocycles. The molecule has 7 heteroatoms. The number of hydrogen-bond donors (Lipinski definition) is 1. The Morgan fingerprint density at radius 2 is 2.15 bits per heavy atom. The van der Waals surface area contributed by atoms with Gasteiger partial charge in [0.15, 0.2) is 11.5 Å². The minimum atomic E-state index is -0.0284. The Balaban J connectivity index is 1.41. The Morgan fingerprint density at radius 1 is 1.31 bits per heavy atom. The summed E-state index contributed by atoms with van der Waals surface area (Å²) in [5.74, 6) is 0.716. The second-order valence-corrected chi connectivity index (χ2v) is 6.98. The molecular weight excluding hydrogens is 332 g/mol. The number of likely N-dealkylation sites (tertiary alicyclic amines) is 1. The number of rotatable bonds is 4. The first-order valence-electron chi connectivity index (χ1n) is 9.50. The first-order chi connectivity index (χ1) is 12.7. The summed E-state index contributed by atoms with van der Waals surface area (Å²) in [6.45, 7) is 7.23. The van der Waals surface area contributed by atoms with Crippen LogP contribution in [0.5, 0.6) is 0 Å². The van der Waals surface area contributed by atoms with E-state index in [9.17, 15) is 4.79 Å². The molecule has 2 aliphatic heterocycles. The van der Waals surface area contributed by atoms with E-state index < -0.39 is 0 Å². The van der Waals surface area contributed by atoms with Gasteiger partial charge in [-0.25, -0.2) is 9.78 Å². The molecule has 1 aromatic carbocycles. The van der Waals surface area contributed by atoms with Crippen LogP contribution in [0.1, 0.15) is 25.7 Å². The SMILES string of the molecule is CCc1nc2cc(NC(=O)N3CCC[C@@H]3CN3CCOCC3)ccc2o1. The summed E-state index contributed by atoms with van der Waals surface area (Å²) in [7, 11) is 0. The third kappa shape index (κ3) is 3.68. The van der Waals surface area contributed by atoms with Crippen molar-refractivity contribution in [1.29, 1.82) is 0 Å². The molecule has 2 amide bonds. The summed E-state index contributed by atoms with van der Waals surface area (Å²) in [4.78, 5) is 21.6. The normalized spacial score (nSPS) is 21.4. The summed E-state index contributed by atoms with van der Waals surface area (Å²) in [6, 6.07) is 5.86. The Hall–Kier alpha value is -2.12. The molecule has 0 aliphatic carbocycles. The molecule has 2 aliphatic rings. The zero-order valence-electron chi connectivity index (χ0n) is 15.2. The zero-order valence-corrected chi connectivity index (χ0v) is 15.2. The maximum absolute atomic E-state index is 12.8. The van der Waals surface area contributed by atoms with Gasteiger partial charge in [0.05, 0.1) is 13.2 Å². The highest BCUT2D eigenvalue weighted by Gasteiger charge is 2.30. The Kier molecular flexibility index (Phi) is 5.08. The molecule has 1 atom stereocenters. The molecule has 0 unspecified atom stereocenters. The van der Waals surface area contributed by atoms with Gasteiger partial charge in [-0.15, -0.1) is 0 Å². The highest BCUT2D eigenvalue weighted by atomic mass is 16.5. The first kappa shape index (κ1) is 17.3. The highest BCUT2D eigenvalue weighted by molar-refractivity contribution is 5.92. The number of fused-ring (bicyclic) bond motifs is 1. The molecule has 2 aromatic rings. The molecule has 0 bridgehead atoms. The molecule has 2 fully saturated rings. The fraction of sp³-hybridized carbons (Fsp3) is 0.579. The lowest BCUT2D eigenvalue weighted by atomic mass is 10.2. The van der Waals surface area contributed by atoms with Crippen LogP contribution < -0.4 is 5.32 Å². The van der Waals surface area contributed by atoms with Gasteiger partial charge in [0.2, 0.25) is 0 Å². The molecule has 26 heavy (non-hydrogen) atoms. The Labute approximate surface area is 153 Å². The van der Waals surface area contributed by atoms with E-state index >= 15 is 0 Å². The third-order valence-corrected chi connectivity index (χ3v) is 5.20. The van der Waals surface area contributed by atoms with Crippen LogP contribution in [-0.4, -0.2) is 66.2 Å². The summed E-state index contributed by atoms with van der Waals surface area (Å²) >= 11 is 0. The predicted octanol–water partition coefficient (Wildman–Crippen LogP) is 2.72. The number of urea groups is 1. The molecule has 3 heterocycles. The minimum Gasteiger partial charge on any atom is -0.441 e. The quantitative estimate of drug-likeness (QED) is 0.910. The Morgan fingerprint density at radius 3 is 2.96 bits per heavy atom. The maximum atomic E-state index is 12.8. The first-order valence-corrected chi connectivity index (χ1v) is 9.50. The van der Waals surface area contributed by atoms with Crippen molar-refractivity contribution >= 4 is 22.8 Å². The van der Waals surface area contributed by atoms with Crippen LogP contribution in [-0.2, 0) is 11.2 Å². The van der Waals surface area contributed by atoms with E-state index in [1.54, 1.807) is 0 Å². The van der Waals surface area contributed by atoms with Crippen molar-refractivity contribution in [1.82, 2.24) is 14.8 Å². The molecule has 0 saturated carbocycles. The van der Waals surface area contributed by atoms with Crippen molar-refractivity contribution in [3.8, 4) is 0 Å². The van der Waals surface area contributed by atoms with Crippen LogP contribution in [0, 0.1) is 0 Å². The standard InChI is InChI=1S/C19H26N4O3/c1-2-18-21-16-12-14(5-6-17(16)26-18)20-19(24)23-7-3-4-15(23)13-22-8-10-25-11-9-22/h5-6,12,15H,2-4,7-11,13H2,1H3,(H,20,24)/t15-/m1/s1. The molecular formula is C19H26N4O3. The summed E-state index contributed by atoms with van der Waals surface area (Å²) in [5, 5.41) is 3.03. The maximum Gasteiger partial charge on any atom is 0.322 e. The number of aromatic nitrogens is 1. The van der Waals surface area contributed by atoms with Gasteiger partial charge in [-0.05, 0) is 31.0 Å². The number of ether oxygens (including phenoxy) is 1. The van der Waals surface area contributed by atoms with Gasteiger partial charge >= 0.3 is 6.03 Å². The lowest BCUT2D eigenvalue weighted by molar-refractivity contribution is 0.0296. The van der Waals surface area contributed by atoms with E-state index in [4.69, 9.17) is 9.15 Å². The largest absolute Gasteiger partial charge is 0.441 e. The number of nitrogens with zero attached hydrogens (tertiary/aromatic N) is 3. The second kappa shape index (κ2) is 7.63. The van der Waals surface area contributed by atoms with E-state index in [1.807, 2.05) is 30.0 Å². The topological polar surface area (TPSA) is 70.8 Å². The summed E-state index contributed by atoms with van der Waals surface area (Å²) < 4.78 is 11.0. The van der Waals surface area contributed by atoms with E-state index in [1.165, 1.54) is 0 Å². The number of amides is 2. The van der Waals surface area contributed by atoms with Crippen LogP contribution in [0.25, 0.3) is 11.1 Å². The van der Waals surface area contributed by atoms with E-state index in [2.05, 4.69) is 15.2 Å². The van der Waals surface area contributed by atoms with E-state index in [0.717, 1.165) is 75.4 Å². The van der Waals surface area contributed by atoms with Gasteiger partial charge in [-0.3, -0.25) is 4.90 Å². The van der Waals surface area contributed by atoms with Crippen molar-refractivity contribution in [3.63, 3.8) is 0 Å². The van der Waals surface area contributed by atoms with Crippen LogP contribution in [0.2, 0.25) is 0 Å². The van der Waals surface area contributed by atoms with Crippen molar-refractivity contribution < 1.29 is 13.9 Å². The van der Waals surface area contributed by atoms with Gasteiger partial charge in [0.1, 0.15) is 5.52 Å². The van der Waals surface area contributed by atoms with Gasteiger partial charge in [-0.2, -0.15) is 0 Å². The molecule has 4 rings (SSSR count). The summed E-state index contributed by atoms with van der Waals surface area (Å²) in [6.07, 6.45) is 2.88. The van der Waals surface area contributed by atoms with Crippen LogP contribution in [0.4, 0.5) is 10.5 Å². The predicted molar refractivity (Wildman–Crippen MR) is 99.4 cm³/mol. The fourth-order valence-corrected chi connectivity index (χ4v) is 3.77. The summed E-state index contributed by atoms with van der Waals surface area (Å²) in [5.41, 5.74) is 2.30. The van der Waals surface area contributed by atoms with Gasteiger partial charge in [-0.1, -0.05) is 6.92 Å². The van der Waals surface area contributed by atoms with Crippen LogP contribution >= 0.6 is 0 Å². The van der Waals surface area contributed by atoms with Gasteiger partial charge in [0, 0.05) is 44.3 Å². The lowest BCUT2D eigenvalue weighted by Gasteiger charge is -2.32. The number of carbonyl (C=O) groups is 1. The number of aryl methyl sites for hydroxylation is 1. The number of nitrogens with one attached hydrogen (secondary N) is 1. The van der Waals surface area contributed by atoms with Crippen molar-refractivity contribution in [3.05, 3.63) is 24.1 Å². The average molecular weight is 358 g/mol. The number of oxazole rings is 1. The van der Waals surface area contributed by atoms with E-state index in [0.29, 0.717) is 5.89 Å². The zero-order chi connectivity index (χ0) is 17.9. The molecule has 140 valence electrons.